The van der Waals surface area contributed by atoms with E-state index in [1.54, 1.807) is 12.3 Å². The molecule has 0 spiro atoms. The van der Waals surface area contributed by atoms with Gasteiger partial charge in [-0.3, -0.25) is 9.36 Å². The van der Waals surface area contributed by atoms with E-state index in [4.69, 9.17) is 26.8 Å². The fourth-order valence-corrected chi connectivity index (χ4v) is 4.70. The number of sulfone groups is 1. The highest BCUT2D eigenvalue weighted by Gasteiger charge is 2.22. The number of halogens is 1. The molecule has 0 atom stereocenters. The molecule has 0 saturated carbocycles. The van der Waals surface area contributed by atoms with Gasteiger partial charge in [-0.05, 0) is 25.1 Å². The minimum atomic E-state index is -3.44. The number of nitrogens with two attached hydrogens (primary N) is 1. The molecular formula is C22H26ClN5O5S. The maximum Gasteiger partial charge on any atom is 0.260 e. The van der Waals surface area contributed by atoms with Crippen molar-refractivity contribution < 1.29 is 17.9 Å². The van der Waals surface area contributed by atoms with Crippen LogP contribution in [0, 0.1) is 0 Å². The Balaban J connectivity index is 1.80. The lowest BCUT2D eigenvalue weighted by molar-refractivity contribution is -0.189. The number of aromatic nitrogens is 3. The SMILES string of the molecule is CCNc1ncc2cc(-c3ccc(S(C)(=O)=O)cc3Cl)c(=O)n(CCC3OCC(N)CO3)c2n1. The highest BCUT2D eigenvalue weighted by atomic mass is 35.5. The Kier molecular flexibility index (Phi) is 7.20. The molecule has 2 aromatic heterocycles. The molecule has 12 heteroatoms. The zero-order valence-corrected chi connectivity index (χ0v) is 20.4. The summed E-state index contributed by atoms with van der Waals surface area (Å²) in [6, 6.07) is 5.81. The first-order chi connectivity index (χ1) is 16.2. The van der Waals surface area contributed by atoms with Crippen LogP contribution in [0.3, 0.4) is 0 Å². The highest BCUT2D eigenvalue weighted by molar-refractivity contribution is 7.90. The fourth-order valence-electron chi connectivity index (χ4n) is 3.71. The predicted molar refractivity (Wildman–Crippen MR) is 130 cm³/mol. The molecule has 1 aromatic carbocycles. The van der Waals surface area contributed by atoms with Gasteiger partial charge < -0.3 is 20.5 Å². The summed E-state index contributed by atoms with van der Waals surface area (Å²) in [6.45, 7) is 3.59. The maximum atomic E-state index is 13.6. The minimum absolute atomic E-state index is 0.0748. The second-order valence-electron chi connectivity index (χ2n) is 8.08. The van der Waals surface area contributed by atoms with Crippen LogP contribution in [0.4, 0.5) is 5.95 Å². The number of fused-ring (bicyclic) bond motifs is 1. The average molecular weight is 508 g/mol. The molecule has 1 saturated heterocycles. The van der Waals surface area contributed by atoms with Crippen molar-refractivity contribution in [2.24, 2.45) is 5.73 Å². The van der Waals surface area contributed by atoms with E-state index >= 15 is 0 Å². The normalized spacial score (nSPS) is 18.8. The van der Waals surface area contributed by atoms with Crippen LogP contribution in [0.2, 0.25) is 5.02 Å². The molecule has 0 unspecified atom stereocenters. The zero-order valence-electron chi connectivity index (χ0n) is 18.8. The third kappa shape index (κ3) is 5.23. The lowest BCUT2D eigenvalue weighted by atomic mass is 10.1. The number of aryl methyl sites for hydroxylation is 1. The van der Waals surface area contributed by atoms with Crippen LogP contribution in [0.1, 0.15) is 13.3 Å². The van der Waals surface area contributed by atoms with Crippen molar-refractivity contribution in [3.63, 3.8) is 0 Å². The predicted octanol–water partition coefficient (Wildman–Crippen LogP) is 2.04. The van der Waals surface area contributed by atoms with Gasteiger partial charge in [-0.2, -0.15) is 4.98 Å². The fraction of sp³-hybridized carbons (Fsp3) is 0.409. The summed E-state index contributed by atoms with van der Waals surface area (Å²) in [5.74, 6) is 0.405. The molecule has 0 bridgehead atoms. The summed E-state index contributed by atoms with van der Waals surface area (Å²) in [4.78, 5) is 22.5. The van der Waals surface area contributed by atoms with Crippen LogP contribution in [0.15, 0.2) is 40.2 Å². The van der Waals surface area contributed by atoms with Crippen molar-refractivity contribution in [2.75, 3.05) is 31.3 Å². The van der Waals surface area contributed by atoms with Crippen molar-refractivity contribution in [2.45, 2.75) is 37.1 Å². The largest absolute Gasteiger partial charge is 0.354 e. The minimum Gasteiger partial charge on any atom is -0.354 e. The molecule has 3 N–H and O–H groups in total. The smallest absolute Gasteiger partial charge is 0.260 e. The lowest BCUT2D eigenvalue weighted by Crippen LogP contribution is -2.41. The van der Waals surface area contributed by atoms with Crippen LogP contribution >= 0.6 is 11.6 Å². The first-order valence-corrected chi connectivity index (χ1v) is 13.1. The van der Waals surface area contributed by atoms with E-state index in [-0.39, 0.29) is 28.1 Å². The summed E-state index contributed by atoms with van der Waals surface area (Å²) in [7, 11) is -3.44. The summed E-state index contributed by atoms with van der Waals surface area (Å²) in [5, 5.41) is 3.84. The average Bonchev–Trinajstić information content (AvgIpc) is 2.79. The maximum absolute atomic E-state index is 13.6. The Hall–Kier alpha value is -2.57. The van der Waals surface area contributed by atoms with Crippen LogP contribution < -0.4 is 16.6 Å². The van der Waals surface area contributed by atoms with Crippen molar-refractivity contribution >= 4 is 38.4 Å². The van der Waals surface area contributed by atoms with Gasteiger partial charge in [-0.25, -0.2) is 13.4 Å². The summed E-state index contributed by atoms with van der Waals surface area (Å²) in [5.41, 5.74) is 6.66. The molecule has 10 nitrogen and oxygen atoms in total. The van der Waals surface area contributed by atoms with Crippen molar-refractivity contribution in [3.8, 4) is 11.1 Å². The van der Waals surface area contributed by atoms with Gasteiger partial charge in [-0.15, -0.1) is 0 Å². The Morgan fingerprint density at radius 2 is 1.97 bits per heavy atom. The molecule has 3 heterocycles. The molecular weight excluding hydrogens is 482 g/mol. The van der Waals surface area contributed by atoms with E-state index in [0.29, 0.717) is 54.3 Å². The zero-order chi connectivity index (χ0) is 24.5. The van der Waals surface area contributed by atoms with Gasteiger partial charge in [0.25, 0.3) is 5.56 Å². The Labute approximate surface area is 202 Å². The molecule has 0 radical (unpaired) electrons. The van der Waals surface area contributed by atoms with Crippen LogP contribution in [-0.2, 0) is 25.9 Å². The lowest BCUT2D eigenvalue weighted by Gasteiger charge is -2.27. The number of benzene rings is 1. The van der Waals surface area contributed by atoms with Crippen LogP contribution in [0.25, 0.3) is 22.2 Å². The van der Waals surface area contributed by atoms with E-state index in [9.17, 15) is 13.2 Å². The van der Waals surface area contributed by atoms with E-state index in [1.165, 1.54) is 22.8 Å². The number of nitrogens with one attached hydrogen (secondary N) is 1. The monoisotopic (exact) mass is 507 g/mol. The van der Waals surface area contributed by atoms with E-state index in [1.807, 2.05) is 6.92 Å². The molecule has 0 aliphatic carbocycles. The van der Waals surface area contributed by atoms with Gasteiger partial charge in [0.1, 0.15) is 5.65 Å². The van der Waals surface area contributed by atoms with Gasteiger partial charge in [0.15, 0.2) is 16.1 Å². The van der Waals surface area contributed by atoms with Gasteiger partial charge in [0, 0.05) is 53.5 Å². The Bertz CT molecular complexity index is 1370. The first kappa shape index (κ1) is 24.6. The molecule has 182 valence electrons. The summed E-state index contributed by atoms with van der Waals surface area (Å²) >= 11 is 6.42. The number of nitrogens with zero attached hydrogens (tertiary/aromatic N) is 3. The molecule has 3 aromatic rings. The molecule has 1 aliphatic rings. The van der Waals surface area contributed by atoms with Crippen LogP contribution in [-0.4, -0.2) is 61.3 Å². The third-order valence-electron chi connectivity index (χ3n) is 5.40. The molecule has 1 aliphatic heterocycles. The second kappa shape index (κ2) is 9.96. The molecule has 1 fully saturated rings. The van der Waals surface area contributed by atoms with Gasteiger partial charge in [0.05, 0.1) is 24.2 Å². The topological polar surface area (TPSA) is 138 Å². The standard InChI is InChI=1S/C22H26ClN5O5S/c1-3-25-22-26-10-13-8-17(16-5-4-15(9-18(16)23)34(2,30)31)21(29)28(20(13)27-22)7-6-19-32-11-14(24)12-33-19/h4-5,8-10,14,19H,3,6-7,11-12,24H2,1-2H3,(H,25,26,27). The number of hydrogen-bond donors (Lipinski definition) is 2. The quantitative estimate of drug-likeness (QED) is 0.491. The van der Waals surface area contributed by atoms with Crippen molar-refractivity contribution in [1.29, 1.82) is 0 Å². The molecule has 34 heavy (non-hydrogen) atoms. The van der Waals surface area contributed by atoms with Crippen molar-refractivity contribution in [3.05, 3.63) is 45.8 Å². The van der Waals surface area contributed by atoms with Crippen molar-refractivity contribution in [1.82, 2.24) is 14.5 Å². The number of pyridine rings is 1. The highest BCUT2D eigenvalue weighted by Crippen LogP contribution is 2.30. The summed E-state index contributed by atoms with van der Waals surface area (Å²) < 4.78 is 36.6. The Morgan fingerprint density at radius 1 is 1.24 bits per heavy atom. The van der Waals surface area contributed by atoms with Gasteiger partial charge in [-0.1, -0.05) is 17.7 Å². The Morgan fingerprint density at radius 3 is 2.62 bits per heavy atom. The molecule has 4 rings (SSSR count). The number of ether oxygens (including phenoxy) is 2. The van der Waals surface area contributed by atoms with E-state index < -0.39 is 16.1 Å². The molecule has 0 amide bonds. The van der Waals surface area contributed by atoms with Crippen LogP contribution in [0.5, 0.6) is 0 Å². The van der Waals surface area contributed by atoms with E-state index in [0.717, 1.165) is 6.26 Å². The van der Waals surface area contributed by atoms with Gasteiger partial charge in [0.2, 0.25) is 5.95 Å². The first-order valence-electron chi connectivity index (χ1n) is 10.8. The van der Waals surface area contributed by atoms with Gasteiger partial charge >= 0.3 is 0 Å². The third-order valence-corrected chi connectivity index (χ3v) is 6.82. The number of hydrogen-bond acceptors (Lipinski definition) is 9. The second-order valence-corrected chi connectivity index (χ2v) is 10.5. The van der Waals surface area contributed by atoms with E-state index in [2.05, 4.69) is 15.3 Å². The summed E-state index contributed by atoms with van der Waals surface area (Å²) in [6.07, 6.45) is 2.65. The number of anilines is 1. The number of rotatable bonds is 7.